The number of carbonyl (C=O) groups excluding carboxylic acids is 1. The average Bonchev–Trinajstić information content (AvgIpc) is 3.12. The third-order valence-corrected chi connectivity index (χ3v) is 4.64. The predicted octanol–water partition coefficient (Wildman–Crippen LogP) is 4.24. The van der Waals surface area contributed by atoms with E-state index in [0.717, 1.165) is 34.0 Å². The lowest BCUT2D eigenvalue weighted by molar-refractivity contribution is -0.118. The van der Waals surface area contributed by atoms with Crippen LogP contribution in [0.25, 0.3) is 11.4 Å². The Morgan fingerprint density at radius 2 is 1.89 bits per heavy atom. The Bertz CT molecular complexity index is 922. The van der Waals surface area contributed by atoms with Crippen molar-refractivity contribution < 1.29 is 14.3 Å². The monoisotopic (exact) mass is 383 g/mol. The molecule has 0 saturated carbocycles. The number of hydrogen-bond donors (Lipinski definition) is 1. The quantitative estimate of drug-likeness (QED) is 0.661. The number of rotatable bonds is 7. The molecule has 0 fully saturated rings. The first-order valence-electron chi connectivity index (χ1n) is 8.62. The van der Waals surface area contributed by atoms with Crippen LogP contribution in [0.4, 0.5) is 5.13 Å². The number of anilines is 1. The molecule has 6 nitrogen and oxygen atoms in total. The highest BCUT2D eigenvalue weighted by molar-refractivity contribution is 7.10. The number of amides is 1. The van der Waals surface area contributed by atoms with E-state index in [1.54, 1.807) is 0 Å². The first-order chi connectivity index (χ1) is 13.1. The molecule has 0 aliphatic carbocycles. The van der Waals surface area contributed by atoms with Crippen molar-refractivity contribution >= 4 is 22.6 Å². The van der Waals surface area contributed by atoms with E-state index in [1.807, 2.05) is 63.2 Å². The smallest absolute Gasteiger partial charge is 0.264 e. The van der Waals surface area contributed by atoms with E-state index in [2.05, 4.69) is 14.7 Å². The maximum atomic E-state index is 12.1. The Morgan fingerprint density at radius 3 is 2.63 bits per heavy atom. The lowest BCUT2D eigenvalue weighted by Gasteiger charge is -2.10. The number of benzene rings is 2. The Kier molecular flexibility index (Phi) is 6.03. The summed E-state index contributed by atoms with van der Waals surface area (Å²) < 4.78 is 15.3. The second kappa shape index (κ2) is 8.64. The van der Waals surface area contributed by atoms with Crippen molar-refractivity contribution in [2.45, 2.75) is 20.8 Å². The van der Waals surface area contributed by atoms with Crippen molar-refractivity contribution in [3.63, 3.8) is 0 Å². The van der Waals surface area contributed by atoms with Gasteiger partial charge >= 0.3 is 0 Å². The summed E-state index contributed by atoms with van der Waals surface area (Å²) in [5.74, 6) is 1.80. The molecule has 2 aromatic carbocycles. The number of nitrogens with zero attached hydrogens (tertiary/aromatic N) is 2. The summed E-state index contributed by atoms with van der Waals surface area (Å²) in [5, 5.41) is 3.16. The second-order valence-electron chi connectivity index (χ2n) is 5.92. The SMILES string of the molecule is CCOc1ccc(-c2nsc(NC(=O)COc3cccc(C)c3C)n2)cc1. The van der Waals surface area contributed by atoms with Gasteiger partial charge in [0.15, 0.2) is 12.4 Å². The molecule has 0 atom stereocenters. The fraction of sp³-hybridized carbons (Fsp3) is 0.250. The number of hydrogen-bond acceptors (Lipinski definition) is 6. The first kappa shape index (κ1) is 18.8. The van der Waals surface area contributed by atoms with E-state index in [1.165, 1.54) is 0 Å². The fourth-order valence-electron chi connectivity index (χ4n) is 2.44. The third kappa shape index (κ3) is 4.83. The molecule has 0 bridgehead atoms. The van der Waals surface area contributed by atoms with Crippen LogP contribution >= 0.6 is 11.5 Å². The fourth-order valence-corrected chi connectivity index (χ4v) is 3.04. The average molecular weight is 383 g/mol. The van der Waals surface area contributed by atoms with Crippen LogP contribution in [0.2, 0.25) is 0 Å². The highest BCUT2D eigenvalue weighted by atomic mass is 32.1. The Hall–Kier alpha value is -2.93. The van der Waals surface area contributed by atoms with Crippen LogP contribution in [0.1, 0.15) is 18.1 Å². The van der Waals surface area contributed by atoms with Gasteiger partial charge in [0, 0.05) is 17.1 Å². The van der Waals surface area contributed by atoms with Gasteiger partial charge in [0.25, 0.3) is 5.91 Å². The summed E-state index contributed by atoms with van der Waals surface area (Å²) >= 11 is 1.13. The summed E-state index contributed by atoms with van der Waals surface area (Å²) in [4.78, 5) is 16.5. The molecule has 3 aromatic rings. The van der Waals surface area contributed by atoms with Crippen LogP contribution in [0.5, 0.6) is 11.5 Å². The maximum absolute atomic E-state index is 12.1. The molecule has 0 unspecified atom stereocenters. The molecular formula is C20H21N3O3S. The highest BCUT2D eigenvalue weighted by Gasteiger charge is 2.11. The normalized spacial score (nSPS) is 10.5. The molecule has 7 heteroatoms. The maximum Gasteiger partial charge on any atom is 0.264 e. The predicted molar refractivity (Wildman–Crippen MR) is 107 cm³/mol. The van der Waals surface area contributed by atoms with Crippen molar-refractivity contribution in [2.75, 3.05) is 18.5 Å². The molecule has 1 amide bonds. The summed E-state index contributed by atoms with van der Waals surface area (Å²) in [5.41, 5.74) is 3.01. The first-order valence-corrected chi connectivity index (χ1v) is 9.40. The zero-order valence-corrected chi connectivity index (χ0v) is 16.3. The van der Waals surface area contributed by atoms with E-state index >= 15 is 0 Å². The number of ether oxygens (including phenoxy) is 2. The van der Waals surface area contributed by atoms with Gasteiger partial charge in [-0.05, 0) is 62.2 Å². The Labute approximate surface area is 162 Å². The molecule has 27 heavy (non-hydrogen) atoms. The summed E-state index contributed by atoms with van der Waals surface area (Å²) in [6.45, 7) is 6.45. The van der Waals surface area contributed by atoms with Crippen LogP contribution in [0.3, 0.4) is 0 Å². The van der Waals surface area contributed by atoms with Gasteiger partial charge in [-0.15, -0.1) is 0 Å². The zero-order chi connectivity index (χ0) is 19.2. The van der Waals surface area contributed by atoms with E-state index in [4.69, 9.17) is 9.47 Å². The molecule has 1 N–H and O–H groups in total. The van der Waals surface area contributed by atoms with E-state index < -0.39 is 0 Å². The number of carbonyl (C=O) groups is 1. The van der Waals surface area contributed by atoms with E-state index in [-0.39, 0.29) is 12.5 Å². The molecule has 0 radical (unpaired) electrons. The lowest BCUT2D eigenvalue weighted by atomic mass is 10.1. The topological polar surface area (TPSA) is 73.3 Å². The van der Waals surface area contributed by atoms with Gasteiger partial charge in [0.1, 0.15) is 11.5 Å². The molecule has 0 aliphatic heterocycles. The van der Waals surface area contributed by atoms with Crippen LogP contribution in [0, 0.1) is 13.8 Å². The molecule has 3 rings (SSSR count). The minimum atomic E-state index is -0.273. The molecule has 0 spiro atoms. The minimum absolute atomic E-state index is 0.0811. The number of aryl methyl sites for hydroxylation is 1. The standard InChI is InChI=1S/C20H21N3O3S/c1-4-25-16-10-8-15(9-11-16)19-22-20(27-23-19)21-18(24)12-26-17-7-5-6-13(2)14(17)3/h5-11H,4,12H2,1-3H3,(H,21,22,23,24). The molecule has 1 aromatic heterocycles. The number of aromatic nitrogens is 2. The highest BCUT2D eigenvalue weighted by Crippen LogP contribution is 2.24. The van der Waals surface area contributed by atoms with Crippen molar-refractivity contribution in [3.8, 4) is 22.9 Å². The van der Waals surface area contributed by atoms with E-state index in [9.17, 15) is 4.79 Å². The minimum Gasteiger partial charge on any atom is -0.494 e. The van der Waals surface area contributed by atoms with Crippen LogP contribution in [-0.4, -0.2) is 28.5 Å². The zero-order valence-electron chi connectivity index (χ0n) is 15.5. The van der Waals surface area contributed by atoms with Crippen LogP contribution in [0.15, 0.2) is 42.5 Å². The summed E-state index contributed by atoms with van der Waals surface area (Å²) in [6, 6.07) is 13.3. The van der Waals surface area contributed by atoms with Gasteiger partial charge in [-0.25, -0.2) is 0 Å². The van der Waals surface area contributed by atoms with Crippen molar-refractivity contribution in [2.24, 2.45) is 0 Å². The third-order valence-electron chi connectivity index (χ3n) is 4.01. The van der Waals surface area contributed by atoms with Gasteiger partial charge < -0.3 is 9.47 Å². The summed E-state index contributed by atoms with van der Waals surface area (Å²) in [7, 11) is 0. The van der Waals surface area contributed by atoms with E-state index in [0.29, 0.717) is 23.3 Å². The number of nitrogens with one attached hydrogen (secondary N) is 1. The van der Waals surface area contributed by atoms with Gasteiger partial charge in [-0.2, -0.15) is 9.36 Å². The van der Waals surface area contributed by atoms with Crippen molar-refractivity contribution in [3.05, 3.63) is 53.6 Å². The van der Waals surface area contributed by atoms with Crippen molar-refractivity contribution in [1.82, 2.24) is 9.36 Å². The molecule has 0 aliphatic rings. The summed E-state index contributed by atoms with van der Waals surface area (Å²) in [6.07, 6.45) is 0. The van der Waals surface area contributed by atoms with Crippen LogP contribution in [-0.2, 0) is 4.79 Å². The van der Waals surface area contributed by atoms with Gasteiger partial charge in [0.05, 0.1) is 6.61 Å². The Balaban J connectivity index is 1.58. The molecular weight excluding hydrogens is 362 g/mol. The molecule has 1 heterocycles. The van der Waals surface area contributed by atoms with Gasteiger partial charge in [0.2, 0.25) is 5.13 Å². The molecule has 0 saturated heterocycles. The second-order valence-corrected chi connectivity index (χ2v) is 6.67. The van der Waals surface area contributed by atoms with Crippen molar-refractivity contribution in [1.29, 1.82) is 0 Å². The Morgan fingerprint density at radius 1 is 1.11 bits per heavy atom. The largest absolute Gasteiger partial charge is 0.494 e. The van der Waals surface area contributed by atoms with Gasteiger partial charge in [-0.3, -0.25) is 10.1 Å². The van der Waals surface area contributed by atoms with Gasteiger partial charge in [-0.1, -0.05) is 12.1 Å². The van der Waals surface area contributed by atoms with Crippen LogP contribution < -0.4 is 14.8 Å². The lowest BCUT2D eigenvalue weighted by Crippen LogP contribution is -2.20. The molecule has 140 valence electrons.